The number of nitrogens with one attached hydrogen (secondary N) is 1. The average Bonchev–Trinajstić information content (AvgIpc) is 2.53. The van der Waals surface area contributed by atoms with Crippen molar-refractivity contribution in [2.24, 2.45) is 11.8 Å². The van der Waals surface area contributed by atoms with E-state index < -0.39 is 0 Å². The van der Waals surface area contributed by atoms with Gasteiger partial charge >= 0.3 is 0 Å². The van der Waals surface area contributed by atoms with E-state index in [1.807, 2.05) is 23.6 Å². The molecule has 2 unspecified atom stereocenters. The van der Waals surface area contributed by atoms with Crippen molar-refractivity contribution in [2.45, 2.75) is 46.1 Å². The standard InChI is InChI=1S/C16H29N3O2/c1-4-12(2)15(20)18-8-5-6-14(11-18)16(21)19-9-7-17-10-13(19)3/h12-14,17H,4-11H2,1-3H3/t12?,13-,14?/m0/s1. The molecule has 0 bridgehead atoms. The first-order valence-electron chi connectivity index (χ1n) is 8.34. The molecule has 2 fully saturated rings. The van der Waals surface area contributed by atoms with Crippen LogP contribution in [0.3, 0.4) is 0 Å². The lowest BCUT2D eigenvalue weighted by Gasteiger charge is -2.39. The molecule has 2 saturated heterocycles. The minimum atomic E-state index is -0.00712. The average molecular weight is 295 g/mol. The Morgan fingerprint density at radius 1 is 1.33 bits per heavy atom. The number of hydrogen-bond donors (Lipinski definition) is 1. The highest BCUT2D eigenvalue weighted by Gasteiger charge is 2.34. The van der Waals surface area contributed by atoms with Gasteiger partial charge in [-0.05, 0) is 26.2 Å². The Hall–Kier alpha value is -1.10. The normalized spacial score (nSPS) is 28.3. The Bertz CT molecular complexity index is 386. The van der Waals surface area contributed by atoms with Crippen molar-refractivity contribution < 1.29 is 9.59 Å². The van der Waals surface area contributed by atoms with E-state index in [-0.39, 0.29) is 29.7 Å². The molecule has 0 aliphatic carbocycles. The molecule has 3 atom stereocenters. The van der Waals surface area contributed by atoms with Crippen LogP contribution in [0.15, 0.2) is 0 Å². The number of amides is 2. The molecule has 2 amide bonds. The van der Waals surface area contributed by atoms with Crippen molar-refractivity contribution in [3.8, 4) is 0 Å². The molecule has 0 aromatic heterocycles. The topological polar surface area (TPSA) is 52.7 Å². The zero-order chi connectivity index (χ0) is 15.4. The highest BCUT2D eigenvalue weighted by Crippen LogP contribution is 2.22. The molecule has 2 aliphatic heterocycles. The first-order chi connectivity index (χ1) is 10.0. The largest absolute Gasteiger partial charge is 0.342 e. The van der Waals surface area contributed by atoms with Gasteiger partial charge in [0.05, 0.1) is 5.92 Å². The molecule has 21 heavy (non-hydrogen) atoms. The van der Waals surface area contributed by atoms with E-state index in [1.54, 1.807) is 0 Å². The van der Waals surface area contributed by atoms with E-state index in [0.29, 0.717) is 6.54 Å². The van der Waals surface area contributed by atoms with Crippen LogP contribution in [-0.2, 0) is 9.59 Å². The number of rotatable bonds is 3. The lowest BCUT2D eigenvalue weighted by molar-refractivity contribution is -0.144. The molecule has 1 N–H and O–H groups in total. The molecule has 0 spiro atoms. The SMILES string of the molecule is CCC(C)C(=O)N1CCCC(C(=O)N2CCNC[C@@H]2C)C1. The van der Waals surface area contributed by atoms with Crippen LogP contribution in [-0.4, -0.2) is 60.4 Å². The van der Waals surface area contributed by atoms with Gasteiger partial charge in [-0.1, -0.05) is 13.8 Å². The summed E-state index contributed by atoms with van der Waals surface area (Å²) in [4.78, 5) is 29.0. The summed E-state index contributed by atoms with van der Waals surface area (Å²) in [5.41, 5.74) is 0. The van der Waals surface area contributed by atoms with Gasteiger partial charge in [0.25, 0.3) is 0 Å². The predicted octanol–water partition coefficient (Wildman–Crippen LogP) is 1.09. The monoisotopic (exact) mass is 295 g/mol. The first kappa shape index (κ1) is 16.3. The summed E-state index contributed by atoms with van der Waals surface area (Å²) in [6, 6.07) is 0.256. The maximum atomic E-state index is 12.7. The second kappa shape index (κ2) is 7.25. The Morgan fingerprint density at radius 3 is 2.76 bits per heavy atom. The van der Waals surface area contributed by atoms with Crippen LogP contribution in [0.2, 0.25) is 0 Å². The van der Waals surface area contributed by atoms with E-state index >= 15 is 0 Å². The Balaban J connectivity index is 1.97. The first-order valence-corrected chi connectivity index (χ1v) is 8.34. The van der Waals surface area contributed by atoms with Crippen LogP contribution >= 0.6 is 0 Å². The lowest BCUT2D eigenvalue weighted by atomic mass is 9.94. The van der Waals surface area contributed by atoms with Crippen LogP contribution in [0.4, 0.5) is 0 Å². The number of carbonyl (C=O) groups excluding carboxylic acids is 2. The second-order valence-electron chi connectivity index (χ2n) is 6.52. The molecular weight excluding hydrogens is 266 g/mol. The minimum absolute atomic E-state index is 0.00712. The summed E-state index contributed by atoms with van der Waals surface area (Å²) in [7, 11) is 0. The van der Waals surface area contributed by atoms with Crippen molar-refractivity contribution >= 4 is 11.8 Å². The number of piperazine rings is 1. The van der Waals surface area contributed by atoms with Gasteiger partial charge in [0.1, 0.15) is 0 Å². The lowest BCUT2D eigenvalue weighted by Crippen LogP contribution is -2.56. The van der Waals surface area contributed by atoms with Gasteiger partial charge in [-0.3, -0.25) is 9.59 Å². The van der Waals surface area contributed by atoms with Crippen LogP contribution < -0.4 is 5.32 Å². The highest BCUT2D eigenvalue weighted by molar-refractivity contribution is 5.82. The number of carbonyl (C=O) groups is 2. The number of piperidine rings is 1. The Kier molecular flexibility index (Phi) is 5.62. The van der Waals surface area contributed by atoms with E-state index in [2.05, 4.69) is 12.2 Å². The summed E-state index contributed by atoms with van der Waals surface area (Å²) < 4.78 is 0. The van der Waals surface area contributed by atoms with Crippen molar-refractivity contribution in [1.82, 2.24) is 15.1 Å². The quantitative estimate of drug-likeness (QED) is 0.848. The van der Waals surface area contributed by atoms with Gasteiger partial charge in [-0.15, -0.1) is 0 Å². The maximum absolute atomic E-state index is 12.7. The summed E-state index contributed by atoms with van der Waals surface area (Å²) in [5, 5.41) is 3.31. The molecular formula is C16H29N3O2. The van der Waals surface area contributed by atoms with E-state index in [4.69, 9.17) is 0 Å². The van der Waals surface area contributed by atoms with Crippen LogP contribution in [0.5, 0.6) is 0 Å². The predicted molar refractivity (Wildman–Crippen MR) is 82.8 cm³/mol. The molecule has 0 aromatic carbocycles. The van der Waals surface area contributed by atoms with E-state index in [0.717, 1.165) is 45.4 Å². The fourth-order valence-corrected chi connectivity index (χ4v) is 3.27. The summed E-state index contributed by atoms with van der Waals surface area (Å²) in [5.74, 6) is 0.512. The fourth-order valence-electron chi connectivity index (χ4n) is 3.27. The van der Waals surface area contributed by atoms with E-state index in [1.165, 1.54) is 0 Å². The number of likely N-dealkylation sites (tertiary alicyclic amines) is 1. The molecule has 0 aromatic rings. The van der Waals surface area contributed by atoms with Crippen LogP contribution in [0.25, 0.3) is 0 Å². The molecule has 120 valence electrons. The van der Waals surface area contributed by atoms with Crippen LogP contribution in [0.1, 0.15) is 40.0 Å². The molecule has 0 radical (unpaired) electrons. The summed E-state index contributed by atoms with van der Waals surface area (Å²) in [6.07, 6.45) is 2.72. The van der Waals surface area contributed by atoms with Crippen molar-refractivity contribution in [3.63, 3.8) is 0 Å². The number of nitrogens with zero attached hydrogens (tertiary/aromatic N) is 2. The van der Waals surface area contributed by atoms with Crippen molar-refractivity contribution in [1.29, 1.82) is 0 Å². The highest BCUT2D eigenvalue weighted by atomic mass is 16.2. The van der Waals surface area contributed by atoms with Gasteiger partial charge in [-0.25, -0.2) is 0 Å². The zero-order valence-electron chi connectivity index (χ0n) is 13.6. The molecule has 2 aliphatic rings. The fraction of sp³-hybridized carbons (Fsp3) is 0.875. The summed E-state index contributed by atoms with van der Waals surface area (Å²) in [6.45, 7) is 10.1. The second-order valence-corrected chi connectivity index (χ2v) is 6.52. The number of hydrogen-bond acceptors (Lipinski definition) is 3. The molecule has 2 heterocycles. The van der Waals surface area contributed by atoms with Gasteiger partial charge in [0.2, 0.25) is 11.8 Å². The van der Waals surface area contributed by atoms with E-state index in [9.17, 15) is 9.59 Å². The zero-order valence-corrected chi connectivity index (χ0v) is 13.6. The van der Waals surface area contributed by atoms with Crippen molar-refractivity contribution in [3.05, 3.63) is 0 Å². The maximum Gasteiger partial charge on any atom is 0.227 e. The third kappa shape index (κ3) is 3.76. The van der Waals surface area contributed by atoms with Crippen molar-refractivity contribution in [2.75, 3.05) is 32.7 Å². The van der Waals surface area contributed by atoms with Gasteiger partial charge in [0, 0.05) is 44.7 Å². The van der Waals surface area contributed by atoms with Gasteiger partial charge in [-0.2, -0.15) is 0 Å². The molecule has 5 nitrogen and oxygen atoms in total. The third-order valence-corrected chi connectivity index (χ3v) is 4.90. The Morgan fingerprint density at radius 2 is 2.10 bits per heavy atom. The van der Waals surface area contributed by atoms with Crippen LogP contribution in [0, 0.1) is 11.8 Å². The minimum Gasteiger partial charge on any atom is -0.342 e. The van der Waals surface area contributed by atoms with Gasteiger partial charge in [0.15, 0.2) is 0 Å². The smallest absolute Gasteiger partial charge is 0.227 e. The Labute approximate surface area is 128 Å². The molecule has 5 heteroatoms. The molecule has 0 saturated carbocycles. The van der Waals surface area contributed by atoms with Gasteiger partial charge < -0.3 is 15.1 Å². The molecule has 2 rings (SSSR count). The third-order valence-electron chi connectivity index (χ3n) is 4.90. The summed E-state index contributed by atoms with van der Waals surface area (Å²) >= 11 is 0.